The van der Waals surface area contributed by atoms with Crippen molar-refractivity contribution in [3.63, 3.8) is 0 Å². The predicted molar refractivity (Wildman–Crippen MR) is 59.3 cm³/mol. The van der Waals surface area contributed by atoms with Gasteiger partial charge in [-0.3, -0.25) is 4.79 Å². The van der Waals surface area contributed by atoms with Crippen LogP contribution in [0.1, 0.15) is 40.0 Å². The molecule has 2 nitrogen and oxygen atoms in total. The molecule has 3 aliphatic carbocycles. The summed E-state index contributed by atoms with van der Waals surface area (Å²) in [5, 5.41) is 0. The second-order valence-corrected chi connectivity index (χ2v) is 5.43. The van der Waals surface area contributed by atoms with Gasteiger partial charge in [-0.05, 0) is 44.9 Å². The number of carbonyl (C=O) groups is 1. The van der Waals surface area contributed by atoms with Crippen molar-refractivity contribution in [1.82, 2.24) is 0 Å². The highest BCUT2D eigenvalue weighted by molar-refractivity contribution is 5.66. The van der Waals surface area contributed by atoms with E-state index in [2.05, 4.69) is 12.2 Å². The molecule has 3 atom stereocenters. The maximum absolute atomic E-state index is 11.1. The molecule has 0 spiro atoms. The fourth-order valence-electron chi connectivity index (χ4n) is 3.18. The van der Waals surface area contributed by atoms with Gasteiger partial charge in [0.25, 0.3) is 0 Å². The summed E-state index contributed by atoms with van der Waals surface area (Å²) < 4.78 is 5.46. The molecule has 0 N–H and O–H groups in total. The van der Waals surface area contributed by atoms with E-state index in [1.54, 1.807) is 0 Å². The largest absolute Gasteiger partial charge is 0.460 e. The van der Waals surface area contributed by atoms with Gasteiger partial charge in [0, 0.05) is 12.8 Å². The van der Waals surface area contributed by atoms with Crippen LogP contribution >= 0.6 is 0 Å². The summed E-state index contributed by atoms with van der Waals surface area (Å²) in [6.45, 7) is 5.60. The van der Waals surface area contributed by atoms with E-state index in [9.17, 15) is 4.79 Å². The van der Waals surface area contributed by atoms with E-state index in [4.69, 9.17) is 4.74 Å². The van der Waals surface area contributed by atoms with Crippen LogP contribution < -0.4 is 0 Å². The highest BCUT2D eigenvalue weighted by atomic mass is 16.6. The van der Waals surface area contributed by atoms with E-state index in [0.29, 0.717) is 11.8 Å². The number of allylic oxidation sites excluding steroid dienone is 2. The monoisotopic (exact) mass is 208 g/mol. The molecule has 15 heavy (non-hydrogen) atoms. The highest BCUT2D eigenvalue weighted by Gasteiger charge is 2.42. The van der Waals surface area contributed by atoms with Gasteiger partial charge in [0.1, 0.15) is 5.60 Å². The summed E-state index contributed by atoms with van der Waals surface area (Å²) in [7, 11) is 0. The zero-order chi connectivity index (χ0) is 11.1. The number of carbonyl (C=O) groups excluding carboxylic acids is 1. The molecular weight excluding hydrogens is 188 g/mol. The van der Waals surface area contributed by atoms with Gasteiger partial charge in [-0.15, -0.1) is 0 Å². The molecule has 3 aliphatic rings. The smallest absolute Gasteiger partial charge is 0.303 e. The molecule has 0 amide bonds. The summed E-state index contributed by atoms with van der Waals surface area (Å²) in [6, 6.07) is 0. The lowest BCUT2D eigenvalue weighted by atomic mass is 9.64. The molecule has 0 aromatic rings. The van der Waals surface area contributed by atoms with Crippen LogP contribution in [0, 0.1) is 17.8 Å². The topological polar surface area (TPSA) is 26.3 Å². The lowest BCUT2D eigenvalue weighted by molar-refractivity contribution is -0.162. The zero-order valence-corrected chi connectivity index (χ0v) is 9.82. The van der Waals surface area contributed by atoms with Gasteiger partial charge in [-0.25, -0.2) is 0 Å². The number of rotatable bonds is 2. The highest BCUT2D eigenvalue weighted by Crippen LogP contribution is 2.46. The van der Waals surface area contributed by atoms with E-state index in [1.807, 2.05) is 13.8 Å². The second kappa shape index (κ2) is 3.66. The summed E-state index contributed by atoms with van der Waals surface area (Å²) >= 11 is 0. The first-order chi connectivity index (χ1) is 6.99. The van der Waals surface area contributed by atoms with Crippen molar-refractivity contribution < 1.29 is 9.53 Å². The first-order valence-corrected chi connectivity index (χ1v) is 5.87. The Morgan fingerprint density at radius 3 is 2.47 bits per heavy atom. The van der Waals surface area contributed by atoms with Crippen LogP contribution in [0.15, 0.2) is 12.2 Å². The average molecular weight is 208 g/mol. The lowest BCUT2D eigenvalue weighted by Crippen LogP contribution is -2.44. The van der Waals surface area contributed by atoms with Crippen LogP contribution in [0.2, 0.25) is 0 Å². The molecule has 0 heterocycles. The van der Waals surface area contributed by atoms with Gasteiger partial charge >= 0.3 is 5.97 Å². The molecule has 1 saturated carbocycles. The van der Waals surface area contributed by atoms with Crippen molar-refractivity contribution in [1.29, 1.82) is 0 Å². The number of fused-ring (bicyclic) bond motifs is 2. The van der Waals surface area contributed by atoms with Crippen LogP contribution in [0.4, 0.5) is 0 Å². The SMILES string of the molecule is CC(=O)OC(C)(C)C1CC2C=CC1CC2. The van der Waals surface area contributed by atoms with E-state index < -0.39 is 0 Å². The number of ether oxygens (including phenoxy) is 1. The van der Waals surface area contributed by atoms with Crippen LogP contribution in [-0.2, 0) is 9.53 Å². The molecular formula is C13H20O2. The Bertz CT molecular complexity index is 291. The van der Waals surface area contributed by atoms with Crippen LogP contribution in [-0.4, -0.2) is 11.6 Å². The van der Waals surface area contributed by atoms with E-state index in [-0.39, 0.29) is 11.6 Å². The van der Waals surface area contributed by atoms with Crippen LogP contribution in [0.25, 0.3) is 0 Å². The molecule has 0 radical (unpaired) electrons. The lowest BCUT2D eigenvalue weighted by Gasteiger charge is -2.45. The minimum atomic E-state index is -0.306. The molecule has 84 valence electrons. The first kappa shape index (κ1) is 10.7. The van der Waals surface area contributed by atoms with Crippen LogP contribution in [0.5, 0.6) is 0 Å². The third-order valence-electron chi connectivity index (χ3n) is 3.87. The fourth-order valence-corrected chi connectivity index (χ4v) is 3.18. The summed E-state index contributed by atoms with van der Waals surface area (Å²) in [4.78, 5) is 11.1. The normalized spacial score (nSPS) is 34.2. The maximum Gasteiger partial charge on any atom is 0.303 e. The van der Waals surface area contributed by atoms with Crippen LogP contribution in [0.3, 0.4) is 0 Å². The molecule has 0 aromatic heterocycles. The number of hydrogen-bond acceptors (Lipinski definition) is 2. The predicted octanol–water partition coefficient (Wildman–Crippen LogP) is 2.93. The summed E-state index contributed by atoms with van der Waals surface area (Å²) in [5.74, 6) is 1.68. The third kappa shape index (κ3) is 2.09. The Morgan fingerprint density at radius 1 is 1.33 bits per heavy atom. The number of hydrogen-bond donors (Lipinski definition) is 0. The van der Waals surface area contributed by atoms with Gasteiger partial charge in [-0.1, -0.05) is 12.2 Å². The van der Waals surface area contributed by atoms with E-state index in [1.165, 1.54) is 26.2 Å². The van der Waals surface area contributed by atoms with Crippen molar-refractivity contribution in [2.24, 2.45) is 17.8 Å². The minimum absolute atomic E-state index is 0.162. The molecule has 3 rings (SSSR count). The summed E-state index contributed by atoms with van der Waals surface area (Å²) in [5.41, 5.74) is -0.306. The Hall–Kier alpha value is -0.790. The fraction of sp³-hybridized carbons (Fsp3) is 0.769. The molecule has 3 unspecified atom stereocenters. The first-order valence-electron chi connectivity index (χ1n) is 5.87. The maximum atomic E-state index is 11.1. The molecule has 0 aliphatic heterocycles. The Balaban J connectivity index is 2.11. The van der Waals surface area contributed by atoms with E-state index in [0.717, 1.165) is 5.92 Å². The minimum Gasteiger partial charge on any atom is -0.460 e. The van der Waals surface area contributed by atoms with Gasteiger partial charge in [0.05, 0.1) is 0 Å². The molecule has 2 bridgehead atoms. The molecule has 1 fully saturated rings. The second-order valence-electron chi connectivity index (χ2n) is 5.43. The van der Waals surface area contributed by atoms with Gasteiger partial charge in [-0.2, -0.15) is 0 Å². The van der Waals surface area contributed by atoms with Crippen molar-refractivity contribution in [3.05, 3.63) is 12.2 Å². The molecule has 0 saturated heterocycles. The molecule has 0 aromatic carbocycles. The van der Waals surface area contributed by atoms with Gasteiger partial charge in [0.2, 0.25) is 0 Å². The standard InChI is InChI=1S/C13H20O2/c1-9(14)15-13(2,3)12-8-10-4-6-11(12)7-5-10/h4,6,10-12H,5,7-8H2,1-3H3. The van der Waals surface area contributed by atoms with Gasteiger partial charge in [0.15, 0.2) is 0 Å². The van der Waals surface area contributed by atoms with Crippen molar-refractivity contribution in [2.45, 2.75) is 45.6 Å². The Labute approximate surface area is 91.7 Å². The third-order valence-corrected chi connectivity index (χ3v) is 3.87. The molecule has 2 heteroatoms. The van der Waals surface area contributed by atoms with Crippen molar-refractivity contribution in [2.75, 3.05) is 0 Å². The number of esters is 1. The average Bonchev–Trinajstić information content (AvgIpc) is 2.17. The quantitative estimate of drug-likeness (QED) is 0.515. The van der Waals surface area contributed by atoms with E-state index >= 15 is 0 Å². The summed E-state index contributed by atoms with van der Waals surface area (Å²) in [6.07, 6.45) is 8.42. The van der Waals surface area contributed by atoms with Crippen molar-refractivity contribution in [3.8, 4) is 0 Å². The van der Waals surface area contributed by atoms with Crippen molar-refractivity contribution >= 4 is 5.97 Å². The Morgan fingerprint density at radius 2 is 2.07 bits per heavy atom. The Kier molecular flexibility index (Phi) is 2.61. The van der Waals surface area contributed by atoms with Gasteiger partial charge < -0.3 is 4.74 Å². The zero-order valence-electron chi connectivity index (χ0n) is 9.82.